The molecule has 1 aromatic carbocycles. The van der Waals surface area contributed by atoms with Gasteiger partial charge in [-0.25, -0.2) is 0 Å². The summed E-state index contributed by atoms with van der Waals surface area (Å²) < 4.78 is 0. The molecule has 1 aliphatic rings. The summed E-state index contributed by atoms with van der Waals surface area (Å²) in [7, 11) is 0. The van der Waals surface area contributed by atoms with E-state index in [0.29, 0.717) is 0 Å². The van der Waals surface area contributed by atoms with Gasteiger partial charge in [0.15, 0.2) is 0 Å². The third-order valence-corrected chi connectivity index (χ3v) is 2.80. The van der Waals surface area contributed by atoms with Crippen molar-refractivity contribution in [1.82, 2.24) is 4.98 Å². The van der Waals surface area contributed by atoms with E-state index >= 15 is 0 Å². The van der Waals surface area contributed by atoms with Gasteiger partial charge < -0.3 is 4.98 Å². The number of hydrogen-bond acceptors (Lipinski definition) is 0. The molecule has 0 fully saturated rings. The van der Waals surface area contributed by atoms with Crippen LogP contribution in [0.3, 0.4) is 0 Å². The second kappa shape index (κ2) is 2.49. The summed E-state index contributed by atoms with van der Waals surface area (Å²) >= 11 is 0. The quantitative estimate of drug-likeness (QED) is 0.624. The van der Waals surface area contributed by atoms with E-state index in [1.807, 2.05) is 0 Å². The monoisotopic (exact) mass is 169 g/mol. The average molecular weight is 169 g/mol. The maximum atomic E-state index is 3.18. The zero-order chi connectivity index (χ0) is 8.67. The van der Waals surface area contributed by atoms with Gasteiger partial charge in [0, 0.05) is 18.0 Å². The molecule has 0 amide bonds. The lowest BCUT2D eigenvalue weighted by Gasteiger charge is -2.15. The maximum absolute atomic E-state index is 3.18. The molecule has 1 heteroatoms. The molecule has 2 aromatic rings. The van der Waals surface area contributed by atoms with E-state index in [1.165, 1.54) is 35.1 Å². The highest BCUT2D eigenvalue weighted by Gasteiger charge is 2.14. The van der Waals surface area contributed by atoms with E-state index < -0.39 is 0 Å². The smallest absolute Gasteiger partial charge is 0.00871 e. The third kappa shape index (κ3) is 0.934. The van der Waals surface area contributed by atoms with Crippen LogP contribution in [0.1, 0.15) is 11.1 Å². The first-order valence-electron chi connectivity index (χ1n) is 4.69. The normalized spacial score (nSPS) is 13.5. The first-order valence-corrected chi connectivity index (χ1v) is 4.69. The lowest BCUT2D eigenvalue weighted by Crippen LogP contribution is -2.00. The molecule has 0 unspecified atom stereocenters. The zero-order valence-corrected chi connectivity index (χ0v) is 7.38. The van der Waals surface area contributed by atoms with Crippen LogP contribution in [0.5, 0.6) is 0 Å². The second-order valence-corrected chi connectivity index (χ2v) is 3.55. The van der Waals surface area contributed by atoms with Gasteiger partial charge in [0.2, 0.25) is 0 Å². The second-order valence-electron chi connectivity index (χ2n) is 3.55. The van der Waals surface area contributed by atoms with Crippen molar-refractivity contribution in [3.63, 3.8) is 0 Å². The molecule has 0 radical (unpaired) electrons. The van der Waals surface area contributed by atoms with Crippen molar-refractivity contribution >= 4 is 0 Å². The van der Waals surface area contributed by atoms with Gasteiger partial charge >= 0.3 is 0 Å². The van der Waals surface area contributed by atoms with Crippen LogP contribution in [0.2, 0.25) is 0 Å². The molecule has 1 aromatic heterocycles. The lowest BCUT2D eigenvalue weighted by atomic mass is 9.89. The Morgan fingerprint density at radius 3 is 2.69 bits per heavy atom. The van der Waals surface area contributed by atoms with E-state index in [0.717, 1.165) is 0 Å². The summed E-state index contributed by atoms with van der Waals surface area (Å²) in [4.78, 5) is 3.18. The van der Waals surface area contributed by atoms with Crippen molar-refractivity contribution in [2.24, 2.45) is 0 Å². The number of aromatic amines is 1. The molecular formula is C12H11N. The van der Waals surface area contributed by atoms with E-state index in [9.17, 15) is 0 Å². The topological polar surface area (TPSA) is 15.8 Å². The van der Waals surface area contributed by atoms with Crippen LogP contribution in [0.15, 0.2) is 36.7 Å². The molecule has 1 nitrogen and oxygen atoms in total. The molecule has 0 bridgehead atoms. The molecule has 64 valence electrons. The molecule has 0 atom stereocenters. The summed E-state index contributed by atoms with van der Waals surface area (Å²) in [6.07, 6.45) is 6.58. The number of rotatable bonds is 0. The predicted molar refractivity (Wildman–Crippen MR) is 53.6 cm³/mol. The molecule has 1 heterocycles. The average Bonchev–Trinajstić information content (AvgIpc) is 2.65. The zero-order valence-electron chi connectivity index (χ0n) is 7.38. The van der Waals surface area contributed by atoms with Crippen LogP contribution < -0.4 is 0 Å². The fourth-order valence-electron chi connectivity index (χ4n) is 2.12. The Bertz CT molecular complexity index is 440. The van der Waals surface area contributed by atoms with Crippen LogP contribution in [-0.4, -0.2) is 4.98 Å². The van der Waals surface area contributed by atoms with Crippen molar-refractivity contribution < 1.29 is 0 Å². The highest BCUT2D eigenvalue weighted by molar-refractivity contribution is 5.72. The van der Waals surface area contributed by atoms with Gasteiger partial charge in [0.25, 0.3) is 0 Å². The van der Waals surface area contributed by atoms with Crippen LogP contribution in [-0.2, 0) is 12.8 Å². The van der Waals surface area contributed by atoms with Crippen LogP contribution in [0.4, 0.5) is 0 Å². The Labute approximate surface area is 77.4 Å². The standard InChI is InChI=1S/C12H11N/c1-2-4-11-9(3-1)5-6-10-7-13-8-12(10)11/h1-4,7-8,13H,5-6H2. The Morgan fingerprint density at radius 1 is 0.846 bits per heavy atom. The number of aromatic nitrogens is 1. The van der Waals surface area contributed by atoms with Crippen LogP contribution >= 0.6 is 0 Å². The van der Waals surface area contributed by atoms with Crippen molar-refractivity contribution in [2.45, 2.75) is 12.8 Å². The van der Waals surface area contributed by atoms with Gasteiger partial charge in [-0.3, -0.25) is 0 Å². The summed E-state index contributed by atoms with van der Waals surface area (Å²) in [5.74, 6) is 0. The predicted octanol–water partition coefficient (Wildman–Crippen LogP) is 2.78. The first kappa shape index (κ1) is 6.96. The third-order valence-electron chi connectivity index (χ3n) is 2.80. The van der Waals surface area contributed by atoms with E-state index in [4.69, 9.17) is 0 Å². The fourth-order valence-corrected chi connectivity index (χ4v) is 2.12. The summed E-state index contributed by atoms with van der Waals surface area (Å²) in [5, 5.41) is 0. The van der Waals surface area contributed by atoms with Gasteiger partial charge in [-0.2, -0.15) is 0 Å². The SMILES string of the molecule is c1ccc2c(c1)CCc1c[nH]cc1-2. The summed E-state index contributed by atoms with van der Waals surface area (Å²) in [6, 6.07) is 8.67. The minimum Gasteiger partial charge on any atom is -0.367 e. The van der Waals surface area contributed by atoms with E-state index in [2.05, 4.69) is 41.6 Å². The lowest BCUT2D eigenvalue weighted by molar-refractivity contribution is 0.946. The van der Waals surface area contributed by atoms with Crippen molar-refractivity contribution in [3.8, 4) is 11.1 Å². The molecule has 1 aliphatic carbocycles. The molecule has 0 aliphatic heterocycles. The summed E-state index contributed by atoms with van der Waals surface area (Å²) in [6.45, 7) is 0. The Balaban J connectivity index is 2.30. The minimum atomic E-state index is 1.18. The molecule has 1 N–H and O–H groups in total. The van der Waals surface area contributed by atoms with Crippen molar-refractivity contribution in [2.75, 3.05) is 0 Å². The molecule has 0 spiro atoms. The fraction of sp³-hybridized carbons (Fsp3) is 0.167. The van der Waals surface area contributed by atoms with Gasteiger partial charge in [-0.05, 0) is 29.5 Å². The van der Waals surface area contributed by atoms with Crippen molar-refractivity contribution in [1.29, 1.82) is 0 Å². The number of fused-ring (bicyclic) bond motifs is 3. The van der Waals surface area contributed by atoms with Crippen LogP contribution in [0.25, 0.3) is 11.1 Å². The highest BCUT2D eigenvalue weighted by Crippen LogP contribution is 2.32. The van der Waals surface area contributed by atoms with Crippen molar-refractivity contribution in [3.05, 3.63) is 47.8 Å². The Kier molecular flexibility index (Phi) is 1.33. The molecule has 13 heavy (non-hydrogen) atoms. The molecule has 3 rings (SSSR count). The van der Waals surface area contributed by atoms with Gasteiger partial charge in [0.1, 0.15) is 0 Å². The molecule has 0 saturated heterocycles. The molecule has 0 saturated carbocycles. The number of nitrogens with one attached hydrogen (secondary N) is 1. The largest absolute Gasteiger partial charge is 0.367 e. The van der Waals surface area contributed by atoms with E-state index in [1.54, 1.807) is 0 Å². The van der Waals surface area contributed by atoms with Gasteiger partial charge in [0.05, 0.1) is 0 Å². The number of H-pyrrole nitrogens is 1. The molecular weight excluding hydrogens is 158 g/mol. The van der Waals surface area contributed by atoms with E-state index in [-0.39, 0.29) is 0 Å². The Hall–Kier alpha value is -1.50. The van der Waals surface area contributed by atoms with Gasteiger partial charge in [-0.1, -0.05) is 24.3 Å². The maximum Gasteiger partial charge on any atom is 0.00871 e. The first-order chi connectivity index (χ1) is 6.45. The van der Waals surface area contributed by atoms with Crippen LogP contribution in [0, 0.1) is 0 Å². The number of aryl methyl sites for hydroxylation is 2. The highest BCUT2D eigenvalue weighted by atomic mass is 14.6. The van der Waals surface area contributed by atoms with Gasteiger partial charge in [-0.15, -0.1) is 0 Å². The number of benzene rings is 1. The minimum absolute atomic E-state index is 1.18. The number of hydrogen-bond donors (Lipinski definition) is 1. The summed E-state index contributed by atoms with van der Waals surface area (Å²) in [5.41, 5.74) is 5.74. The Morgan fingerprint density at radius 2 is 1.69 bits per heavy atom.